The van der Waals surface area contributed by atoms with E-state index in [4.69, 9.17) is 9.72 Å². The van der Waals surface area contributed by atoms with Crippen LogP contribution in [0.1, 0.15) is 29.2 Å². The summed E-state index contributed by atoms with van der Waals surface area (Å²) in [6.07, 6.45) is 4.09. The number of nitrogens with one attached hydrogen (secondary N) is 3. The molecule has 5 aromatic rings. The lowest BCUT2D eigenvalue weighted by molar-refractivity contribution is 0.408. The van der Waals surface area contributed by atoms with E-state index >= 15 is 0 Å². The number of ether oxygens (including phenoxy) is 1. The largest absolute Gasteiger partial charge is 0.496 e. The number of anilines is 2. The van der Waals surface area contributed by atoms with E-state index in [9.17, 15) is 0 Å². The highest BCUT2D eigenvalue weighted by atomic mass is 16.5. The fraction of sp³-hybridized carbons (Fsp3) is 0.179. The van der Waals surface area contributed by atoms with Crippen molar-refractivity contribution < 1.29 is 4.74 Å². The van der Waals surface area contributed by atoms with E-state index < -0.39 is 0 Å². The van der Waals surface area contributed by atoms with Crippen LogP contribution in [0.2, 0.25) is 0 Å². The van der Waals surface area contributed by atoms with Gasteiger partial charge in [0.25, 0.3) is 0 Å². The van der Waals surface area contributed by atoms with E-state index in [1.165, 1.54) is 22.1 Å². The first-order chi connectivity index (χ1) is 16.3. The summed E-state index contributed by atoms with van der Waals surface area (Å²) in [7, 11) is 1.74. The van der Waals surface area contributed by atoms with Crippen LogP contribution in [0.5, 0.6) is 5.75 Å². The van der Waals surface area contributed by atoms with Gasteiger partial charge in [-0.1, -0.05) is 30.3 Å². The summed E-state index contributed by atoms with van der Waals surface area (Å²) < 4.78 is 5.63. The zero-order chi connectivity index (χ0) is 22.2. The molecule has 0 saturated carbocycles. The van der Waals surface area contributed by atoms with Crippen molar-refractivity contribution in [2.75, 3.05) is 17.7 Å². The fourth-order valence-corrected chi connectivity index (χ4v) is 5.03. The van der Waals surface area contributed by atoms with E-state index in [2.05, 4.69) is 82.3 Å². The molecule has 1 atom stereocenters. The van der Waals surface area contributed by atoms with Gasteiger partial charge in [-0.15, -0.1) is 0 Å². The minimum absolute atomic E-state index is 0.212. The number of rotatable bonds is 6. The third-order valence-electron chi connectivity index (χ3n) is 6.64. The van der Waals surface area contributed by atoms with Crippen molar-refractivity contribution in [3.05, 3.63) is 95.7 Å². The van der Waals surface area contributed by atoms with Crippen molar-refractivity contribution in [1.29, 1.82) is 0 Å². The van der Waals surface area contributed by atoms with Crippen molar-refractivity contribution in [3.8, 4) is 5.75 Å². The first kappa shape index (κ1) is 19.7. The quantitative estimate of drug-likeness (QED) is 0.288. The maximum absolute atomic E-state index is 5.63. The number of fused-ring (bicyclic) bond motifs is 3. The molecule has 6 rings (SSSR count). The Kier molecular flexibility index (Phi) is 4.87. The number of hydrogen-bond acceptors (Lipinski definition) is 4. The molecule has 164 valence electrons. The number of hydrogen-bond donors (Lipinski definition) is 3. The van der Waals surface area contributed by atoms with Crippen LogP contribution in [-0.4, -0.2) is 17.1 Å². The van der Waals surface area contributed by atoms with Gasteiger partial charge >= 0.3 is 0 Å². The van der Waals surface area contributed by atoms with Crippen molar-refractivity contribution in [2.45, 2.75) is 25.4 Å². The first-order valence-corrected chi connectivity index (χ1v) is 11.4. The number of aromatic nitrogens is 2. The third kappa shape index (κ3) is 3.55. The number of H-pyrrole nitrogens is 1. The van der Waals surface area contributed by atoms with E-state index in [0.717, 1.165) is 53.1 Å². The smallest absolute Gasteiger partial charge is 0.127 e. The van der Waals surface area contributed by atoms with E-state index in [-0.39, 0.29) is 6.04 Å². The molecule has 0 saturated heterocycles. The molecule has 0 radical (unpaired) electrons. The highest BCUT2D eigenvalue weighted by Crippen LogP contribution is 2.39. The molecule has 1 aliphatic carbocycles. The van der Waals surface area contributed by atoms with Crippen LogP contribution in [0, 0.1) is 0 Å². The van der Waals surface area contributed by atoms with Crippen molar-refractivity contribution in [1.82, 2.24) is 9.97 Å². The molecular formula is C28H26N4O. The number of pyridine rings is 1. The number of aryl methyl sites for hydroxylation is 1. The van der Waals surface area contributed by atoms with Crippen LogP contribution >= 0.6 is 0 Å². The van der Waals surface area contributed by atoms with Gasteiger partial charge in [0.15, 0.2) is 0 Å². The zero-order valence-corrected chi connectivity index (χ0v) is 18.6. The maximum atomic E-state index is 5.63. The fourth-order valence-electron chi connectivity index (χ4n) is 5.03. The molecule has 0 aliphatic heterocycles. The molecule has 2 heterocycles. The lowest BCUT2D eigenvalue weighted by Gasteiger charge is -2.18. The van der Waals surface area contributed by atoms with Crippen LogP contribution in [0.15, 0.2) is 79.0 Å². The van der Waals surface area contributed by atoms with Gasteiger partial charge in [0.05, 0.1) is 18.7 Å². The SMILES string of the molecule is COc1cccc2c1C(Nc1ccc3c(NCc4cccc5[nH]ccc45)cccc3n1)CC2. The zero-order valence-electron chi connectivity index (χ0n) is 18.6. The Balaban J connectivity index is 1.25. The predicted molar refractivity (Wildman–Crippen MR) is 135 cm³/mol. The molecule has 5 heteroatoms. The first-order valence-electron chi connectivity index (χ1n) is 11.4. The Morgan fingerprint density at radius 1 is 0.970 bits per heavy atom. The average molecular weight is 435 g/mol. The Hall–Kier alpha value is -3.99. The number of nitrogens with zero attached hydrogens (tertiary/aromatic N) is 1. The lowest BCUT2D eigenvalue weighted by atomic mass is 10.1. The molecule has 3 N–H and O–H groups in total. The molecule has 0 bridgehead atoms. The topological polar surface area (TPSA) is 62.0 Å². The lowest BCUT2D eigenvalue weighted by Crippen LogP contribution is -2.09. The Labute approximate surface area is 192 Å². The summed E-state index contributed by atoms with van der Waals surface area (Å²) in [5.41, 5.74) is 7.11. The molecule has 0 spiro atoms. The Morgan fingerprint density at radius 3 is 2.82 bits per heavy atom. The number of methoxy groups -OCH3 is 1. The predicted octanol–water partition coefficient (Wildman–Crippen LogP) is 6.44. The van der Waals surface area contributed by atoms with Crippen LogP contribution in [0.25, 0.3) is 21.8 Å². The minimum Gasteiger partial charge on any atom is -0.496 e. The van der Waals surface area contributed by atoms with Gasteiger partial charge in [0, 0.05) is 40.3 Å². The van der Waals surface area contributed by atoms with Crippen molar-refractivity contribution in [2.24, 2.45) is 0 Å². The van der Waals surface area contributed by atoms with E-state index in [1.807, 2.05) is 12.3 Å². The van der Waals surface area contributed by atoms with Crippen LogP contribution in [0.3, 0.4) is 0 Å². The van der Waals surface area contributed by atoms with Crippen molar-refractivity contribution >= 4 is 33.3 Å². The summed E-state index contributed by atoms with van der Waals surface area (Å²) in [6.45, 7) is 0.757. The molecule has 2 aromatic heterocycles. The van der Waals surface area contributed by atoms with Gasteiger partial charge in [0.1, 0.15) is 11.6 Å². The number of benzene rings is 3. The van der Waals surface area contributed by atoms with E-state index in [0.29, 0.717) is 0 Å². The normalized spacial score (nSPS) is 15.0. The highest BCUT2D eigenvalue weighted by molar-refractivity contribution is 5.92. The van der Waals surface area contributed by atoms with Gasteiger partial charge in [-0.2, -0.15) is 0 Å². The molecule has 1 aliphatic rings. The van der Waals surface area contributed by atoms with E-state index in [1.54, 1.807) is 7.11 Å². The minimum atomic E-state index is 0.212. The highest BCUT2D eigenvalue weighted by Gasteiger charge is 2.26. The Morgan fingerprint density at radius 2 is 1.88 bits per heavy atom. The molecule has 33 heavy (non-hydrogen) atoms. The summed E-state index contributed by atoms with van der Waals surface area (Å²) in [4.78, 5) is 8.21. The molecule has 5 nitrogen and oxygen atoms in total. The molecular weight excluding hydrogens is 408 g/mol. The molecule has 0 fully saturated rings. The molecule has 0 amide bonds. The monoisotopic (exact) mass is 434 g/mol. The van der Waals surface area contributed by atoms with Gasteiger partial charge in [0.2, 0.25) is 0 Å². The third-order valence-corrected chi connectivity index (χ3v) is 6.64. The van der Waals surface area contributed by atoms with Crippen LogP contribution < -0.4 is 15.4 Å². The van der Waals surface area contributed by atoms with Gasteiger partial charge in [-0.25, -0.2) is 4.98 Å². The maximum Gasteiger partial charge on any atom is 0.127 e. The summed E-state index contributed by atoms with van der Waals surface area (Å²) >= 11 is 0. The summed E-state index contributed by atoms with van der Waals surface area (Å²) in [6, 6.07) is 25.5. The van der Waals surface area contributed by atoms with Gasteiger partial charge < -0.3 is 20.4 Å². The second-order valence-corrected chi connectivity index (χ2v) is 8.55. The molecule has 3 aromatic carbocycles. The second kappa shape index (κ2) is 8.17. The van der Waals surface area contributed by atoms with Crippen molar-refractivity contribution in [3.63, 3.8) is 0 Å². The van der Waals surface area contributed by atoms with Gasteiger partial charge in [-0.05, 0) is 66.4 Å². The standard InChI is InChI=1S/C28H26N4O/c1-33-26-10-3-5-18-11-13-25(28(18)26)32-27-14-12-21-23(8-4-9-24(21)31-27)30-17-19-6-2-7-22-20(19)15-16-29-22/h2-10,12,14-16,25,29-30H,11,13,17H2,1H3,(H,31,32). The summed E-state index contributed by atoms with van der Waals surface area (Å²) in [5.74, 6) is 1.84. The van der Waals surface area contributed by atoms with Crippen LogP contribution in [0.4, 0.5) is 11.5 Å². The van der Waals surface area contributed by atoms with Gasteiger partial charge in [-0.3, -0.25) is 0 Å². The average Bonchev–Trinajstić information content (AvgIpc) is 3.50. The second-order valence-electron chi connectivity index (χ2n) is 8.55. The molecule has 1 unspecified atom stereocenters. The van der Waals surface area contributed by atoms with Crippen LogP contribution in [-0.2, 0) is 13.0 Å². The Bertz CT molecular complexity index is 1460. The summed E-state index contributed by atoms with van der Waals surface area (Å²) in [5, 5.41) is 9.63. The number of aromatic amines is 1.